The fourth-order valence-corrected chi connectivity index (χ4v) is 3.95. The van der Waals surface area contributed by atoms with Crippen LogP contribution in [0.1, 0.15) is 11.3 Å². The van der Waals surface area contributed by atoms with Gasteiger partial charge in [-0.15, -0.1) is 0 Å². The first-order valence-electron chi connectivity index (χ1n) is 5.78. The monoisotopic (exact) mass is 349 g/mol. The second kappa shape index (κ2) is 5.36. The maximum atomic E-state index is 12.5. The fourth-order valence-electron chi connectivity index (χ4n) is 1.85. The van der Waals surface area contributed by atoms with Gasteiger partial charge in [0.25, 0.3) is 10.0 Å². The van der Waals surface area contributed by atoms with Gasteiger partial charge in [-0.05, 0) is 25.5 Å². The van der Waals surface area contributed by atoms with E-state index in [0.29, 0.717) is 11.3 Å². The van der Waals surface area contributed by atoms with Crippen molar-refractivity contribution in [1.29, 1.82) is 0 Å². The van der Waals surface area contributed by atoms with E-state index in [2.05, 4.69) is 14.8 Å². The molecule has 2 aromatic heterocycles. The Bertz CT molecular complexity index is 793. The molecule has 3 N–H and O–H groups in total. The molecule has 0 spiro atoms. The van der Waals surface area contributed by atoms with Gasteiger partial charge in [-0.2, -0.15) is 5.10 Å². The summed E-state index contributed by atoms with van der Waals surface area (Å²) in [5.74, 6) is -0.0850. The lowest BCUT2D eigenvalue weighted by molar-refractivity contribution is 0.600. The lowest BCUT2D eigenvalue weighted by Crippen LogP contribution is -2.16. The summed E-state index contributed by atoms with van der Waals surface area (Å²) >= 11 is 11.7. The average molecular weight is 350 g/mol. The van der Waals surface area contributed by atoms with Crippen LogP contribution in [0.25, 0.3) is 0 Å². The number of aromatic nitrogens is 3. The van der Waals surface area contributed by atoms with Gasteiger partial charge in [-0.1, -0.05) is 23.2 Å². The molecule has 2 heterocycles. The van der Waals surface area contributed by atoms with Crippen molar-refractivity contribution in [2.75, 3.05) is 10.5 Å². The molecule has 0 saturated carbocycles. The third kappa shape index (κ3) is 2.92. The van der Waals surface area contributed by atoms with E-state index in [0.717, 1.165) is 0 Å². The second-order valence-corrected chi connectivity index (χ2v) is 6.82. The Morgan fingerprint density at radius 1 is 1.33 bits per heavy atom. The number of hydrogen-bond acceptors (Lipinski definition) is 5. The van der Waals surface area contributed by atoms with E-state index in [1.807, 2.05) is 0 Å². The molecule has 114 valence electrons. The number of nitrogen functional groups attached to an aromatic ring is 1. The normalized spacial score (nSPS) is 11.7. The molecule has 7 nitrogen and oxygen atoms in total. The number of halogens is 2. The van der Waals surface area contributed by atoms with Gasteiger partial charge in [0.15, 0.2) is 15.9 Å². The molecular weight excluding hydrogens is 337 g/mol. The van der Waals surface area contributed by atoms with Crippen LogP contribution in [0, 0.1) is 13.8 Å². The first-order chi connectivity index (χ1) is 9.63. The Morgan fingerprint density at radius 2 is 1.95 bits per heavy atom. The quantitative estimate of drug-likeness (QED) is 0.826. The van der Waals surface area contributed by atoms with Crippen LogP contribution in [0.2, 0.25) is 10.3 Å². The molecule has 10 heteroatoms. The number of nitrogens with two attached hydrogens (primary N) is 1. The minimum Gasteiger partial charge on any atom is -0.381 e. The molecule has 0 aromatic carbocycles. The summed E-state index contributed by atoms with van der Waals surface area (Å²) in [5.41, 5.74) is 6.78. The second-order valence-electron chi connectivity index (χ2n) is 4.46. The van der Waals surface area contributed by atoms with Crippen molar-refractivity contribution in [3.63, 3.8) is 0 Å². The minimum absolute atomic E-state index is 0.0383. The average Bonchev–Trinajstić information content (AvgIpc) is 2.58. The number of hydrogen-bond donors (Lipinski definition) is 2. The van der Waals surface area contributed by atoms with Gasteiger partial charge >= 0.3 is 0 Å². The van der Waals surface area contributed by atoms with Crippen LogP contribution in [0.5, 0.6) is 0 Å². The van der Waals surface area contributed by atoms with Crippen LogP contribution < -0.4 is 10.5 Å². The number of pyridine rings is 1. The summed E-state index contributed by atoms with van der Waals surface area (Å²) in [7, 11) is -2.33. The first kappa shape index (κ1) is 15.9. The molecule has 0 unspecified atom stereocenters. The number of nitrogens with zero attached hydrogens (tertiary/aromatic N) is 3. The molecule has 0 amide bonds. The van der Waals surface area contributed by atoms with Crippen LogP contribution >= 0.6 is 23.2 Å². The van der Waals surface area contributed by atoms with Crippen LogP contribution in [0.4, 0.5) is 11.5 Å². The van der Waals surface area contributed by atoms with Crippen molar-refractivity contribution in [2.24, 2.45) is 7.05 Å². The summed E-state index contributed by atoms with van der Waals surface area (Å²) in [6.07, 6.45) is 0. The summed E-state index contributed by atoms with van der Waals surface area (Å²) in [4.78, 5) is 3.73. The fraction of sp³-hybridized carbons (Fsp3) is 0.273. The van der Waals surface area contributed by atoms with Gasteiger partial charge < -0.3 is 5.73 Å². The third-order valence-corrected chi connectivity index (χ3v) is 4.93. The zero-order valence-electron chi connectivity index (χ0n) is 11.5. The molecule has 0 bridgehead atoms. The van der Waals surface area contributed by atoms with Crippen molar-refractivity contribution in [3.8, 4) is 0 Å². The minimum atomic E-state index is -3.94. The molecule has 0 atom stereocenters. The van der Waals surface area contributed by atoms with Gasteiger partial charge in [-0.3, -0.25) is 9.40 Å². The molecule has 0 aliphatic carbocycles. The zero-order chi connectivity index (χ0) is 15.9. The number of rotatable bonds is 3. The highest BCUT2D eigenvalue weighted by molar-refractivity contribution is 7.93. The third-order valence-electron chi connectivity index (χ3n) is 2.95. The molecule has 0 aliphatic rings. The Morgan fingerprint density at radius 3 is 2.43 bits per heavy atom. The van der Waals surface area contributed by atoms with E-state index < -0.39 is 10.0 Å². The Kier molecular flexibility index (Phi) is 4.05. The van der Waals surface area contributed by atoms with Gasteiger partial charge in [0.2, 0.25) is 0 Å². The largest absolute Gasteiger partial charge is 0.381 e. The highest BCUT2D eigenvalue weighted by atomic mass is 35.5. The Balaban J connectivity index is 2.53. The Labute approximate surface area is 132 Å². The summed E-state index contributed by atoms with van der Waals surface area (Å²) in [6, 6.07) is 1.50. The lowest BCUT2D eigenvalue weighted by Gasteiger charge is -2.12. The van der Waals surface area contributed by atoms with E-state index in [1.165, 1.54) is 10.7 Å². The SMILES string of the molecule is Cc1cc(Cl)nc(Cl)c1NS(=O)(=O)c1c(N)nn(C)c1C. The van der Waals surface area contributed by atoms with Crippen LogP contribution in [0.3, 0.4) is 0 Å². The van der Waals surface area contributed by atoms with Gasteiger partial charge in [0.05, 0.1) is 11.4 Å². The molecule has 0 saturated heterocycles. The standard InChI is InChI=1S/C11H13Cl2N5O2S/c1-5-4-7(12)15-10(13)8(5)17-21(19,20)9-6(2)18(3)16-11(9)14/h4,17H,1-3H3,(H2,14,16). The highest BCUT2D eigenvalue weighted by Crippen LogP contribution is 2.30. The maximum absolute atomic E-state index is 12.5. The molecule has 0 fully saturated rings. The number of nitrogens with one attached hydrogen (secondary N) is 1. The predicted molar refractivity (Wildman–Crippen MR) is 82.2 cm³/mol. The number of aryl methyl sites for hydroxylation is 2. The van der Waals surface area contributed by atoms with E-state index in [9.17, 15) is 8.42 Å². The van der Waals surface area contributed by atoms with Gasteiger partial charge in [-0.25, -0.2) is 13.4 Å². The summed E-state index contributed by atoms with van der Waals surface area (Å²) < 4.78 is 28.7. The molecule has 21 heavy (non-hydrogen) atoms. The van der Waals surface area contributed by atoms with Crippen molar-refractivity contribution in [2.45, 2.75) is 18.7 Å². The molecule has 0 aliphatic heterocycles. The van der Waals surface area contributed by atoms with Crippen molar-refractivity contribution >= 4 is 44.7 Å². The van der Waals surface area contributed by atoms with E-state index in [-0.39, 0.29) is 26.7 Å². The summed E-state index contributed by atoms with van der Waals surface area (Å²) in [5, 5.41) is 4.02. The predicted octanol–water partition coefficient (Wildman–Crippen LogP) is 2.12. The number of anilines is 2. The number of sulfonamides is 1. The van der Waals surface area contributed by atoms with Crippen molar-refractivity contribution in [3.05, 3.63) is 27.6 Å². The molecule has 2 rings (SSSR count). The van der Waals surface area contributed by atoms with Crippen molar-refractivity contribution in [1.82, 2.24) is 14.8 Å². The van der Waals surface area contributed by atoms with Crippen LogP contribution in [-0.2, 0) is 17.1 Å². The van der Waals surface area contributed by atoms with Gasteiger partial charge in [0, 0.05) is 7.05 Å². The van der Waals surface area contributed by atoms with E-state index in [4.69, 9.17) is 28.9 Å². The van der Waals surface area contributed by atoms with E-state index >= 15 is 0 Å². The van der Waals surface area contributed by atoms with Crippen LogP contribution in [-0.4, -0.2) is 23.2 Å². The highest BCUT2D eigenvalue weighted by Gasteiger charge is 2.26. The van der Waals surface area contributed by atoms with Crippen molar-refractivity contribution < 1.29 is 8.42 Å². The lowest BCUT2D eigenvalue weighted by atomic mass is 10.3. The molecule has 2 aromatic rings. The molecular formula is C11H13Cl2N5O2S. The zero-order valence-corrected chi connectivity index (χ0v) is 13.8. The van der Waals surface area contributed by atoms with Crippen LogP contribution in [0.15, 0.2) is 11.0 Å². The summed E-state index contributed by atoms with van der Waals surface area (Å²) in [6.45, 7) is 3.27. The maximum Gasteiger partial charge on any atom is 0.267 e. The smallest absolute Gasteiger partial charge is 0.267 e. The van der Waals surface area contributed by atoms with E-state index in [1.54, 1.807) is 20.9 Å². The first-order valence-corrected chi connectivity index (χ1v) is 8.02. The Hall–Kier alpha value is -1.51. The van der Waals surface area contributed by atoms with Gasteiger partial charge in [0.1, 0.15) is 5.15 Å². The topological polar surface area (TPSA) is 103 Å². The molecule has 0 radical (unpaired) electrons.